The van der Waals surface area contributed by atoms with Gasteiger partial charge in [0, 0.05) is 45.7 Å². The smallest absolute Gasteiger partial charge is 0.0492 e. The van der Waals surface area contributed by atoms with Crippen LogP contribution in [0, 0.1) is 0 Å². The lowest BCUT2D eigenvalue weighted by atomic mass is 9.85. The zero-order valence-electron chi connectivity index (χ0n) is 34.0. The summed E-state index contributed by atoms with van der Waals surface area (Å²) in [6, 6.07) is 60.5. The predicted molar refractivity (Wildman–Crippen MR) is 248 cm³/mol. The third-order valence-corrected chi connectivity index (χ3v) is 15.7. The Morgan fingerprint density at radius 1 is 0.458 bits per heavy atom. The Labute approximate surface area is 347 Å². The van der Waals surface area contributed by atoms with Crippen molar-refractivity contribution in [2.45, 2.75) is 81.7 Å². The molecule has 4 unspecified atom stereocenters. The van der Waals surface area contributed by atoms with Crippen LogP contribution in [0.25, 0.3) is 54.9 Å². The van der Waals surface area contributed by atoms with E-state index in [1.54, 1.807) is 0 Å². The first-order valence-electron chi connectivity index (χ1n) is 22.1. The van der Waals surface area contributed by atoms with Crippen molar-refractivity contribution in [2.24, 2.45) is 0 Å². The first-order chi connectivity index (χ1) is 29.0. The molecule has 0 aromatic heterocycles. The zero-order valence-corrected chi connectivity index (χ0v) is 34.0. The fourth-order valence-corrected chi connectivity index (χ4v) is 13.1. The number of para-hydroxylation sites is 2. The maximum Gasteiger partial charge on any atom is 0.0492 e. The minimum atomic E-state index is 0.124. The van der Waals surface area contributed by atoms with Gasteiger partial charge in [0.1, 0.15) is 0 Å². The van der Waals surface area contributed by atoms with E-state index in [4.69, 9.17) is 0 Å². The average molecular weight is 761 g/mol. The Hall–Kier alpha value is -6.12. The number of hydrogen-bond acceptors (Lipinski definition) is 2. The zero-order chi connectivity index (χ0) is 39.0. The van der Waals surface area contributed by atoms with Gasteiger partial charge < -0.3 is 9.80 Å². The molecule has 286 valence electrons. The van der Waals surface area contributed by atoms with Gasteiger partial charge in [-0.1, -0.05) is 116 Å². The van der Waals surface area contributed by atoms with Crippen molar-refractivity contribution in [3.63, 3.8) is 0 Å². The summed E-state index contributed by atoms with van der Waals surface area (Å²) >= 11 is 0. The molecule has 0 N–H and O–H groups in total. The van der Waals surface area contributed by atoms with Gasteiger partial charge in [-0.2, -0.15) is 0 Å². The molecule has 2 heteroatoms. The molecule has 0 amide bonds. The van der Waals surface area contributed by atoms with E-state index in [1.807, 2.05) is 0 Å². The molecule has 5 aliphatic rings. The average Bonchev–Trinajstić information content (AvgIpc) is 4.07. The van der Waals surface area contributed by atoms with Crippen LogP contribution >= 0.6 is 0 Å². The topological polar surface area (TPSA) is 6.48 Å². The standard InChI is InChI=1S/C57H48N2/c1-56-29-11-19-51(56)49-33-38(23-27-53(49)58(56)41-13-5-3-6-14-41)36-21-25-43-40(31-36)35-48-45-26-22-37(32-47(45)44-17-9-10-18-46(44)55(43)48)39-24-28-54-50(34-39)52-20-12-30-57(52,2)59(54)42-15-7-4-8-16-42/h3-10,13-18,21-28,31-34,51-52H,11-12,19-20,29-30,35H2,1-2H3. The highest BCUT2D eigenvalue weighted by Crippen LogP contribution is 2.61. The fourth-order valence-electron chi connectivity index (χ4n) is 13.1. The van der Waals surface area contributed by atoms with E-state index in [1.165, 1.54) is 138 Å². The molecular weight excluding hydrogens is 713 g/mol. The second-order valence-electron chi connectivity index (χ2n) is 18.7. The second-order valence-corrected chi connectivity index (χ2v) is 18.7. The summed E-state index contributed by atoms with van der Waals surface area (Å²) in [4.78, 5) is 5.30. The van der Waals surface area contributed by atoms with Gasteiger partial charge in [-0.05, 0) is 178 Å². The van der Waals surface area contributed by atoms with E-state index in [-0.39, 0.29) is 11.1 Å². The molecule has 8 aromatic carbocycles. The van der Waals surface area contributed by atoms with Crippen LogP contribution in [-0.4, -0.2) is 11.1 Å². The van der Waals surface area contributed by atoms with Crippen LogP contribution in [0.15, 0.2) is 158 Å². The van der Waals surface area contributed by atoms with Crippen LogP contribution in [0.5, 0.6) is 0 Å². The first kappa shape index (κ1) is 33.8. The summed E-state index contributed by atoms with van der Waals surface area (Å²) < 4.78 is 0. The summed E-state index contributed by atoms with van der Waals surface area (Å²) in [7, 11) is 0. The van der Waals surface area contributed by atoms with Crippen molar-refractivity contribution in [1.82, 2.24) is 0 Å². The summed E-state index contributed by atoms with van der Waals surface area (Å²) in [6.45, 7) is 4.99. The molecule has 2 heterocycles. The molecule has 13 rings (SSSR count). The van der Waals surface area contributed by atoms with E-state index in [0.29, 0.717) is 11.8 Å². The first-order valence-corrected chi connectivity index (χ1v) is 22.1. The summed E-state index contributed by atoms with van der Waals surface area (Å²) in [5.41, 5.74) is 19.7. The van der Waals surface area contributed by atoms with Gasteiger partial charge >= 0.3 is 0 Å². The summed E-state index contributed by atoms with van der Waals surface area (Å²) in [6.07, 6.45) is 8.51. The monoisotopic (exact) mass is 760 g/mol. The molecule has 59 heavy (non-hydrogen) atoms. The van der Waals surface area contributed by atoms with Crippen molar-refractivity contribution in [2.75, 3.05) is 9.80 Å². The molecule has 0 bridgehead atoms. The van der Waals surface area contributed by atoms with E-state index >= 15 is 0 Å². The SMILES string of the molecule is CC12CCCC1c1cc(-c3ccc4c(c3)Cc3c-4c4ccccc4c4cc(-c5ccc6c(c5)C5CCCC5(C)N6c5ccccc5)ccc34)ccc1N2c1ccccc1. The third kappa shape index (κ3) is 4.63. The van der Waals surface area contributed by atoms with Crippen molar-refractivity contribution in [3.05, 3.63) is 180 Å². The van der Waals surface area contributed by atoms with Gasteiger partial charge in [0.15, 0.2) is 0 Å². The molecule has 2 nitrogen and oxygen atoms in total. The highest BCUT2D eigenvalue weighted by Gasteiger charge is 2.52. The molecule has 3 aliphatic carbocycles. The molecule has 2 aliphatic heterocycles. The lowest BCUT2D eigenvalue weighted by molar-refractivity contribution is 0.451. The van der Waals surface area contributed by atoms with Crippen molar-refractivity contribution < 1.29 is 0 Å². The van der Waals surface area contributed by atoms with Crippen LogP contribution in [0.1, 0.15) is 86.5 Å². The molecule has 0 spiro atoms. The molecule has 4 atom stereocenters. The van der Waals surface area contributed by atoms with E-state index in [9.17, 15) is 0 Å². The minimum absolute atomic E-state index is 0.124. The van der Waals surface area contributed by atoms with Crippen LogP contribution in [0.4, 0.5) is 22.7 Å². The van der Waals surface area contributed by atoms with E-state index < -0.39 is 0 Å². The number of anilines is 4. The molecule has 0 radical (unpaired) electrons. The molecular formula is C57H48N2. The highest BCUT2D eigenvalue weighted by molar-refractivity contribution is 6.18. The number of benzene rings is 8. The number of nitrogens with zero attached hydrogens (tertiary/aromatic N) is 2. The molecule has 0 saturated heterocycles. The van der Waals surface area contributed by atoms with Crippen LogP contribution < -0.4 is 9.80 Å². The molecule has 2 fully saturated rings. The van der Waals surface area contributed by atoms with Gasteiger partial charge in [0.25, 0.3) is 0 Å². The summed E-state index contributed by atoms with van der Waals surface area (Å²) in [5, 5.41) is 5.47. The van der Waals surface area contributed by atoms with Crippen molar-refractivity contribution in [1.29, 1.82) is 0 Å². The van der Waals surface area contributed by atoms with Crippen LogP contribution in [0.3, 0.4) is 0 Å². The maximum absolute atomic E-state index is 2.65. The van der Waals surface area contributed by atoms with Gasteiger partial charge in [-0.15, -0.1) is 0 Å². The minimum Gasteiger partial charge on any atom is -0.335 e. The van der Waals surface area contributed by atoms with Crippen LogP contribution in [0.2, 0.25) is 0 Å². The number of rotatable bonds is 4. The lowest BCUT2D eigenvalue weighted by Crippen LogP contribution is -2.40. The van der Waals surface area contributed by atoms with Crippen molar-refractivity contribution in [3.8, 4) is 33.4 Å². The largest absolute Gasteiger partial charge is 0.335 e. The second kappa shape index (κ2) is 12.2. The van der Waals surface area contributed by atoms with E-state index in [0.717, 1.165) is 6.42 Å². The highest BCUT2D eigenvalue weighted by atomic mass is 15.2. The summed E-state index contributed by atoms with van der Waals surface area (Å²) in [5.74, 6) is 1.11. The van der Waals surface area contributed by atoms with Gasteiger partial charge in [0.05, 0.1) is 0 Å². The normalized spacial score (nSPS) is 23.4. The molecule has 2 saturated carbocycles. The van der Waals surface area contributed by atoms with Gasteiger partial charge in [0.2, 0.25) is 0 Å². The number of hydrogen-bond donors (Lipinski definition) is 0. The lowest BCUT2D eigenvalue weighted by Gasteiger charge is -2.37. The maximum atomic E-state index is 2.65. The fraction of sp³-hybridized carbons (Fsp3) is 0.228. The Bertz CT molecular complexity index is 3040. The number of fused-ring (bicyclic) bond motifs is 14. The third-order valence-electron chi connectivity index (χ3n) is 15.7. The Morgan fingerprint density at radius 2 is 0.966 bits per heavy atom. The van der Waals surface area contributed by atoms with Gasteiger partial charge in [-0.25, -0.2) is 0 Å². The molecule has 8 aromatic rings. The van der Waals surface area contributed by atoms with Crippen LogP contribution in [-0.2, 0) is 6.42 Å². The quantitative estimate of drug-likeness (QED) is 0.165. The van der Waals surface area contributed by atoms with E-state index in [2.05, 4.69) is 181 Å². The predicted octanol–water partition coefficient (Wildman–Crippen LogP) is 15.3. The Balaban J connectivity index is 0.885. The van der Waals surface area contributed by atoms with Gasteiger partial charge in [-0.3, -0.25) is 0 Å². The Kier molecular flexibility index (Phi) is 7.00. The van der Waals surface area contributed by atoms with Crippen molar-refractivity contribution >= 4 is 44.3 Å². The Morgan fingerprint density at radius 3 is 1.58 bits per heavy atom.